The molecule has 1 radical (unpaired) electrons. The van der Waals surface area contributed by atoms with E-state index in [9.17, 15) is 0 Å². The fraction of sp³-hybridized carbons (Fsp3) is 1.00. The molecule has 0 atom stereocenters. The number of hydrogen-bond acceptors (Lipinski definition) is 3. The minimum atomic E-state index is 0.661. The summed E-state index contributed by atoms with van der Waals surface area (Å²) >= 11 is 0. The van der Waals surface area contributed by atoms with E-state index in [-0.39, 0.29) is 0 Å². The van der Waals surface area contributed by atoms with Crippen LogP contribution in [0.1, 0.15) is 20.8 Å². The lowest BCUT2D eigenvalue weighted by Gasteiger charge is -2.00. The molecule has 0 rings (SSSR count). The summed E-state index contributed by atoms with van der Waals surface area (Å²) in [7, 11) is 0. The lowest BCUT2D eigenvalue weighted by molar-refractivity contribution is -0.273. The van der Waals surface area contributed by atoms with Crippen molar-refractivity contribution in [3.05, 3.63) is 0 Å². The molecular weight excluding hydrogens is 118 g/mol. The maximum absolute atomic E-state index is 5.04. The summed E-state index contributed by atoms with van der Waals surface area (Å²) in [5, 5.41) is 1.49. The van der Waals surface area contributed by atoms with Crippen LogP contribution in [0.3, 0.4) is 0 Å². The monoisotopic (exact) mass is 133 g/mol. The third-order valence-corrected chi connectivity index (χ3v) is 0.804. The quantitative estimate of drug-likeness (QED) is 0.523. The first-order valence-electron chi connectivity index (χ1n) is 3.38. The zero-order valence-corrected chi connectivity index (χ0v) is 6.39. The van der Waals surface area contributed by atoms with Crippen molar-refractivity contribution in [1.29, 1.82) is 0 Å². The van der Waals surface area contributed by atoms with Gasteiger partial charge in [-0.3, -0.25) is 0 Å². The fourth-order valence-corrected chi connectivity index (χ4v) is 0.508. The van der Waals surface area contributed by atoms with Crippen LogP contribution >= 0.6 is 0 Å². The molecule has 55 valence electrons. The van der Waals surface area contributed by atoms with E-state index < -0.39 is 0 Å². The van der Waals surface area contributed by atoms with Gasteiger partial charge in [-0.15, -0.1) is 9.68 Å². The van der Waals surface area contributed by atoms with Crippen molar-refractivity contribution < 1.29 is 9.68 Å². The van der Waals surface area contributed by atoms with Crippen molar-refractivity contribution in [2.45, 2.75) is 20.8 Å². The highest BCUT2D eigenvalue weighted by atomic mass is 16.9. The van der Waals surface area contributed by atoms with Gasteiger partial charge in [0.25, 0.3) is 0 Å². The number of nitrogens with zero attached hydrogens (tertiary/aromatic N) is 1. The summed E-state index contributed by atoms with van der Waals surface area (Å²) < 4.78 is 0. The van der Waals surface area contributed by atoms with Crippen molar-refractivity contribution in [1.82, 2.24) is 5.23 Å². The van der Waals surface area contributed by atoms with Crippen LogP contribution in [0.25, 0.3) is 0 Å². The highest BCUT2D eigenvalue weighted by Crippen LogP contribution is 1.85. The summed E-state index contributed by atoms with van der Waals surface area (Å²) in [6, 6.07) is 0. The Balaban J connectivity index is 3.18. The van der Waals surface area contributed by atoms with E-state index in [0.717, 1.165) is 6.54 Å². The molecule has 0 aliphatic carbocycles. The van der Waals surface area contributed by atoms with Crippen LogP contribution in [-0.2, 0) is 9.68 Å². The van der Waals surface area contributed by atoms with Gasteiger partial charge in [-0.25, -0.2) is 0 Å². The molecule has 3 nitrogen and oxygen atoms in total. The first-order valence-corrected chi connectivity index (χ1v) is 3.38. The fourth-order valence-electron chi connectivity index (χ4n) is 0.508. The summed E-state index contributed by atoms with van der Waals surface area (Å²) in [6.45, 7) is 7.93. The van der Waals surface area contributed by atoms with E-state index in [4.69, 9.17) is 9.68 Å². The highest BCUT2D eigenvalue weighted by Gasteiger charge is 2.12. The van der Waals surface area contributed by atoms with Crippen molar-refractivity contribution in [2.75, 3.05) is 19.8 Å². The Morgan fingerprint density at radius 2 is 1.44 bits per heavy atom. The Kier molecular flexibility index (Phi) is 5.93. The van der Waals surface area contributed by atoms with E-state index in [1.807, 2.05) is 20.8 Å². The molecule has 3 heteroatoms. The van der Waals surface area contributed by atoms with Crippen LogP contribution in [0, 0.1) is 0 Å². The van der Waals surface area contributed by atoms with Crippen molar-refractivity contribution in [3.8, 4) is 0 Å². The first-order chi connectivity index (χ1) is 4.35. The van der Waals surface area contributed by atoms with Gasteiger partial charge in [0.15, 0.2) is 11.8 Å². The average Bonchev–Trinajstić information content (AvgIpc) is 1.88. The van der Waals surface area contributed by atoms with E-state index in [1.54, 1.807) is 0 Å². The molecule has 0 saturated heterocycles. The summed E-state index contributed by atoms with van der Waals surface area (Å²) in [5.74, 6) is 0. The second-order valence-electron chi connectivity index (χ2n) is 1.48. The average molecular weight is 133 g/mol. The molecular formula is C6H15NO2+. The van der Waals surface area contributed by atoms with Crippen LogP contribution < -0.4 is 5.23 Å². The Morgan fingerprint density at radius 1 is 1.00 bits per heavy atom. The standard InChI is InChI=1S/C6H15NO2/c1-4-7(8-5-2)9-6-3/h4-6H2,1-3H3/q+1. The van der Waals surface area contributed by atoms with Crippen LogP contribution in [0.4, 0.5) is 0 Å². The molecule has 0 amide bonds. The summed E-state index contributed by atoms with van der Waals surface area (Å²) in [6.07, 6.45) is 0. The van der Waals surface area contributed by atoms with Gasteiger partial charge in [0.2, 0.25) is 0 Å². The largest absolute Gasteiger partial charge is 0.199 e. The van der Waals surface area contributed by atoms with Crippen LogP contribution in [0.5, 0.6) is 0 Å². The SMILES string of the molecule is CCO[N+](CC)OCC. The van der Waals surface area contributed by atoms with Gasteiger partial charge in [-0.1, -0.05) is 0 Å². The third-order valence-electron chi connectivity index (χ3n) is 0.804. The highest BCUT2D eigenvalue weighted by molar-refractivity contribution is 4.24. The zero-order chi connectivity index (χ0) is 7.11. The molecule has 0 bridgehead atoms. The van der Waals surface area contributed by atoms with E-state index in [2.05, 4.69) is 0 Å². The third kappa shape index (κ3) is 4.39. The van der Waals surface area contributed by atoms with Gasteiger partial charge in [0, 0.05) is 0 Å². The second kappa shape index (κ2) is 6.01. The second-order valence-corrected chi connectivity index (χ2v) is 1.48. The molecule has 0 aliphatic rings. The molecule has 0 fully saturated rings. The molecule has 0 saturated carbocycles. The molecule has 0 spiro atoms. The predicted molar refractivity (Wildman–Crippen MR) is 35.9 cm³/mol. The van der Waals surface area contributed by atoms with E-state index in [1.165, 1.54) is 5.23 Å². The molecule has 0 aromatic heterocycles. The van der Waals surface area contributed by atoms with Crippen LogP contribution in [0.2, 0.25) is 0 Å². The van der Waals surface area contributed by atoms with Gasteiger partial charge in [0.1, 0.15) is 13.2 Å². The summed E-state index contributed by atoms with van der Waals surface area (Å²) in [4.78, 5) is 10.1. The van der Waals surface area contributed by atoms with Gasteiger partial charge < -0.3 is 0 Å². The number of hydroxylamine groups is 2. The molecule has 0 aliphatic heterocycles. The molecule has 0 heterocycles. The number of hydrogen-bond donors (Lipinski definition) is 0. The molecule has 0 N–H and O–H groups in total. The Bertz CT molecular complexity index is 53.0. The lowest BCUT2D eigenvalue weighted by atomic mass is 10.8. The van der Waals surface area contributed by atoms with Gasteiger partial charge in [-0.2, -0.15) is 0 Å². The predicted octanol–water partition coefficient (Wildman–Crippen LogP) is 1.05. The molecule has 0 unspecified atom stereocenters. The van der Waals surface area contributed by atoms with Crippen molar-refractivity contribution >= 4 is 0 Å². The van der Waals surface area contributed by atoms with Gasteiger partial charge in [-0.05, 0) is 20.8 Å². The minimum Gasteiger partial charge on any atom is -0.110 e. The lowest BCUT2D eigenvalue weighted by Crippen LogP contribution is -2.30. The topological polar surface area (TPSA) is 24.4 Å². The normalized spacial score (nSPS) is 10.7. The van der Waals surface area contributed by atoms with Crippen molar-refractivity contribution in [3.63, 3.8) is 0 Å². The maximum Gasteiger partial charge on any atom is 0.199 e. The molecule has 0 aromatic rings. The van der Waals surface area contributed by atoms with Crippen molar-refractivity contribution in [2.24, 2.45) is 0 Å². The van der Waals surface area contributed by atoms with E-state index >= 15 is 0 Å². The molecule has 9 heavy (non-hydrogen) atoms. The Hall–Kier alpha value is -0.120. The summed E-state index contributed by atoms with van der Waals surface area (Å²) in [5.41, 5.74) is 0. The van der Waals surface area contributed by atoms with Gasteiger partial charge >= 0.3 is 0 Å². The van der Waals surface area contributed by atoms with Crippen LogP contribution in [-0.4, -0.2) is 19.8 Å². The first kappa shape index (κ1) is 8.88. The molecule has 0 aromatic carbocycles. The Labute approximate surface area is 56.5 Å². The Morgan fingerprint density at radius 3 is 1.67 bits per heavy atom. The van der Waals surface area contributed by atoms with Gasteiger partial charge in [0.05, 0.1) is 0 Å². The minimum absolute atomic E-state index is 0.661. The smallest absolute Gasteiger partial charge is 0.110 e. The number of rotatable bonds is 5. The maximum atomic E-state index is 5.04. The van der Waals surface area contributed by atoms with Crippen LogP contribution in [0.15, 0.2) is 0 Å². The van der Waals surface area contributed by atoms with E-state index in [0.29, 0.717) is 13.2 Å². The zero-order valence-electron chi connectivity index (χ0n) is 6.39.